The molecule has 4 N–H and O–H groups in total. The van der Waals surface area contributed by atoms with Gasteiger partial charge in [0.1, 0.15) is 9.71 Å². The summed E-state index contributed by atoms with van der Waals surface area (Å²) < 4.78 is 38.8. The fraction of sp³-hybridized carbons (Fsp3) is 0.310. The van der Waals surface area contributed by atoms with Gasteiger partial charge in [0.05, 0.1) is 17.9 Å². The Bertz CT molecular complexity index is 1450. The number of anilines is 1. The zero-order valence-corrected chi connectivity index (χ0v) is 22.1. The number of amides is 1. The smallest absolute Gasteiger partial charge is 0.397 e. The van der Waals surface area contributed by atoms with E-state index in [2.05, 4.69) is 22.1 Å². The number of aliphatic hydroxyl groups excluding tert-OH is 1. The fourth-order valence-corrected chi connectivity index (χ4v) is 6.44. The number of aromatic nitrogens is 1. The molecule has 0 saturated carbocycles. The molecule has 10 heteroatoms. The van der Waals surface area contributed by atoms with E-state index in [0.717, 1.165) is 41.6 Å². The first-order valence-electron chi connectivity index (χ1n) is 12.8. The Morgan fingerprint density at radius 1 is 1.08 bits per heavy atom. The summed E-state index contributed by atoms with van der Waals surface area (Å²) in [5.41, 5.74) is 8.46. The first-order valence-corrected chi connectivity index (χ1v) is 13.6. The zero-order chi connectivity index (χ0) is 27.7. The number of fused-ring (bicyclic) bond motifs is 1. The molecule has 4 aromatic rings. The Hall–Kier alpha value is -3.47. The molecule has 3 atom stereocenters. The van der Waals surface area contributed by atoms with E-state index in [0.29, 0.717) is 27.5 Å². The van der Waals surface area contributed by atoms with Gasteiger partial charge in [0.25, 0.3) is 5.91 Å². The number of rotatable bonds is 8. The lowest BCUT2D eigenvalue weighted by Gasteiger charge is -2.55. The third-order valence-electron chi connectivity index (χ3n) is 7.37. The monoisotopic (exact) mass is 554 g/mol. The third kappa shape index (κ3) is 5.24. The van der Waals surface area contributed by atoms with Gasteiger partial charge in [0.15, 0.2) is 0 Å². The van der Waals surface area contributed by atoms with Gasteiger partial charge in [-0.2, -0.15) is 13.2 Å². The fourth-order valence-electron chi connectivity index (χ4n) is 5.46. The van der Waals surface area contributed by atoms with Gasteiger partial charge in [-0.1, -0.05) is 43.3 Å². The third-order valence-corrected chi connectivity index (χ3v) is 8.50. The van der Waals surface area contributed by atoms with E-state index in [-0.39, 0.29) is 30.5 Å². The van der Waals surface area contributed by atoms with Crippen LogP contribution in [-0.4, -0.2) is 52.7 Å². The van der Waals surface area contributed by atoms with Crippen molar-refractivity contribution < 1.29 is 23.1 Å². The number of carbonyl (C=O) groups is 1. The van der Waals surface area contributed by atoms with Crippen molar-refractivity contribution >= 4 is 33.1 Å². The van der Waals surface area contributed by atoms with Crippen LogP contribution < -0.4 is 11.1 Å². The molecule has 0 spiro atoms. The minimum Gasteiger partial charge on any atom is -0.397 e. The summed E-state index contributed by atoms with van der Waals surface area (Å²) in [6.45, 7) is 3.20. The minimum absolute atomic E-state index is 0.0231. The molecular formula is C29H29F3N4O2S. The standard InChI is InChI=1S/C29H29F3N4O2S/c1-2-14-36-22(15-35-27(38)26-25(33)21-4-3-13-34-28(21)39-26)24(23(36)16-37)19-7-5-17(6-8-19)18-9-11-20(12-10-18)29(30,31)32/h3-13,22-24,37H,2,14-16,33H2,1H3,(H,35,38). The SMILES string of the molecule is CCCN1C(CO)C(c2ccc(-c3ccc(C(F)(F)F)cc3)cc2)C1CNC(=O)c1sc2ncccc2c1N. The second-order valence-corrected chi connectivity index (χ2v) is 10.7. The average molecular weight is 555 g/mol. The van der Waals surface area contributed by atoms with Gasteiger partial charge in [-0.15, -0.1) is 11.3 Å². The number of aliphatic hydroxyl groups is 1. The van der Waals surface area contributed by atoms with Gasteiger partial charge in [-0.3, -0.25) is 9.69 Å². The molecule has 1 amide bonds. The molecule has 2 aromatic carbocycles. The maximum atomic E-state index is 13.1. The van der Waals surface area contributed by atoms with Crippen molar-refractivity contribution in [3.63, 3.8) is 0 Å². The summed E-state index contributed by atoms with van der Waals surface area (Å²) in [7, 11) is 0. The normalized spacial score (nSPS) is 19.7. The second-order valence-electron chi connectivity index (χ2n) is 9.69. The summed E-state index contributed by atoms with van der Waals surface area (Å²) in [5, 5.41) is 14.0. The van der Waals surface area contributed by atoms with Crippen molar-refractivity contribution in [3.05, 3.63) is 82.9 Å². The molecule has 3 heterocycles. The molecule has 6 nitrogen and oxygen atoms in total. The number of pyridine rings is 1. The minimum atomic E-state index is -4.37. The topological polar surface area (TPSA) is 91.5 Å². The van der Waals surface area contributed by atoms with Crippen LogP contribution >= 0.6 is 11.3 Å². The van der Waals surface area contributed by atoms with Gasteiger partial charge in [-0.05, 0) is 53.9 Å². The highest BCUT2D eigenvalue weighted by Crippen LogP contribution is 2.41. The van der Waals surface area contributed by atoms with Crippen molar-refractivity contribution in [3.8, 4) is 11.1 Å². The molecule has 39 heavy (non-hydrogen) atoms. The van der Waals surface area contributed by atoms with E-state index in [9.17, 15) is 23.1 Å². The number of halogens is 3. The van der Waals surface area contributed by atoms with Gasteiger partial charge in [-0.25, -0.2) is 4.98 Å². The van der Waals surface area contributed by atoms with Crippen LogP contribution in [0.1, 0.15) is 40.1 Å². The van der Waals surface area contributed by atoms with Crippen LogP contribution in [0.15, 0.2) is 66.9 Å². The largest absolute Gasteiger partial charge is 0.416 e. The Morgan fingerprint density at radius 2 is 1.74 bits per heavy atom. The first-order chi connectivity index (χ1) is 18.7. The molecule has 1 aliphatic rings. The zero-order valence-electron chi connectivity index (χ0n) is 21.3. The molecule has 1 saturated heterocycles. The van der Waals surface area contributed by atoms with Crippen LogP contribution in [0.4, 0.5) is 18.9 Å². The number of carbonyl (C=O) groups excluding carboxylic acids is 1. The van der Waals surface area contributed by atoms with Crippen LogP contribution in [-0.2, 0) is 6.18 Å². The van der Waals surface area contributed by atoms with Gasteiger partial charge in [0, 0.05) is 36.1 Å². The highest BCUT2D eigenvalue weighted by molar-refractivity contribution is 7.21. The number of hydrogen-bond acceptors (Lipinski definition) is 6. The maximum Gasteiger partial charge on any atom is 0.416 e. The van der Waals surface area contributed by atoms with Gasteiger partial charge in [0.2, 0.25) is 0 Å². The predicted molar refractivity (Wildman–Crippen MR) is 148 cm³/mol. The lowest BCUT2D eigenvalue weighted by Crippen LogP contribution is -2.66. The Morgan fingerprint density at radius 3 is 2.33 bits per heavy atom. The predicted octanol–water partition coefficient (Wildman–Crippen LogP) is 5.53. The van der Waals surface area contributed by atoms with Crippen LogP contribution in [0.25, 0.3) is 21.3 Å². The summed E-state index contributed by atoms with van der Waals surface area (Å²) in [5.74, 6) is -0.277. The molecule has 3 unspecified atom stereocenters. The number of alkyl halides is 3. The van der Waals surface area contributed by atoms with E-state index in [1.54, 1.807) is 12.3 Å². The van der Waals surface area contributed by atoms with Crippen LogP contribution in [0.2, 0.25) is 0 Å². The lowest BCUT2D eigenvalue weighted by molar-refractivity contribution is -0.137. The van der Waals surface area contributed by atoms with Crippen molar-refractivity contribution in [2.45, 2.75) is 37.5 Å². The van der Waals surface area contributed by atoms with E-state index in [1.165, 1.54) is 23.5 Å². The molecular weight excluding hydrogens is 525 g/mol. The highest BCUT2D eigenvalue weighted by Gasteiger charge is 2.48. The number of hydrogen-bond donors (Lipinski definition) is 3. The summed E-state index contributed by atoms with van der Waals surface area (Å²) in [6, 6.07) is 16.3. The molecule has 0 aliphatic carbocycles. The van der Waals surface area contributed by atoms with E-state index >= 15 is 0 Å². The molecule has 5 rings (SSSR count). The van der Waals surface area contributed by atoms with E-state index in [1.807, 2.05) is 30.3 Å². The number of likely N-dealkylation sites (tertiary alicyclic amines) is 1. The number of nitrogens with zero attached hydrogens (tertiary/aromatic N) is 2. The van der Waals surface area contributed by atoms with E-state index < -0.39 is 11.7 Å². The van der Waals surface area contributed by atoms with Crippen LogP contribution in [0.5, 0.6) is 0 Å². The Balaban J connectivity index is 1.34. The van der Waals surface area contributed by atoms with Crippen molar-refractivity contribution in [1.82, 2.24) is 15.2 Å². The molecule has 204 valence electrons. The number of thiophene rings is 1. The molecule has 0 bridgehead atoms. The highest BCUT2D eigenvalue weighted by atomic mass is 32.1. The van der Waals surface area contributed by atoms with Gasteiger partial charge >= 0.3 is 6.18 Å². The van der Waals surface area contributed by atoms with Crippen molar-refractivity contribution in [2.75, 3.05) is 25.4 Å². The number of nitrogens with one attached hydrogen (secondary N) is 1. The first kappa shape index (κ1) is 27.1. The van der Waals surface area contributed by atoms with Gasteiger partial charge < -0.3 is 16.2 Å². The summed E-state index contributed by atoms with van der Waals surface area (Å²) >= 11 is 1.26. The maximum absolute atomic E-state index is 13.1. The number of benzene rings is 2. The molecule has 1 aliphatic heterocycles. The molecule has 0 radical (unpaired) electrons. The summed E-state index contributed by atoms with van der Waals surface area (Å²) in [6.07, 6.45) is -1.81. The Kier molecular flexibility index (Phi) is 7.61. The molecule has 1 fully saturated rings. The van der Waals surface area contributed by atoms with E-state index in [4.69, 9.17) is 5.73 Å². The second kappa shape index (κ2) is 11.0. The number of nitrogens with two attached hydrogens (primary N) is 1. The van der Waals surface area contributed by atoms with Crippen LogP contribution in [0, 0.1) is 0 Å². The Labute approximate surface area is 228 Å². The molecule has 2 aromatic heterocycles. The average Bonchev–Trinajstić information content (AvgIpc) is 3.27. The lowest BCUT2D eigenvalue weighted by atomic mass is 9.74. The summed E-state index contributed by atoms with van der Waals surface area (Å²) in [4.78, 5) is 20.7. The van der Waals surface area contributed by atoms with Crippen molar-refractivity contribution in [2.24, 2.45) is 0 Å². The van der Waals surface area contributed by atoms with Crippen molar-refractivity contribution in [1.29, 1.82) is 0 Å². The van der Waals surface area contributed by atoms with Crippen LogP contribution in [0.3, 0.4) is 0 Å². The quantitative estimate of drug-likeness (QED) is 0.266. The number of nitrogen functional groups attached to an aromatic ring is 1.